The van der Waals surface area contributed by atoms with Gasteiger partial charge >= 0.3 is 0 Å². The van der Waals surface area contributed by atoms with E-state index in [2.05, 4.69) is 37.9 Å². The summed E-state index contributed by atoms with van der Waals surface area (Å²) in [5.41, 5.74) is 0.198. The molecule has 1 atom stereocenters. The third-order valence-corrected chi connectivity index (χ3v) is 2.09. The topological polar surface area (TPSA) is 35.5 Å². The van der Waals surface area contributed by atoms with Gasteiger partial charge in [-0.15, -0.1) is 0 Å². The largest absolute Gasteiger partial charge is 0.395 e. The van der Waals surface area contributed by atoms with Crippen molar-refractivity contribution in [2.45, 2.75) is 33.2 Å². The van der Waals surface area contributed by atoms with E-state index in [4.69, 9.17) is 5.11 Å². The van der Waals surface area contributed by atoms with Crippen LogP contribution < -0.4 is 5.32 Å². The Balaban J connectivity index is 3.59. The van der Waals surface area contributed by atoms with Crippen LogP contribution in [0, 0.1) is 5.92 Å². The number of hydrogen-bond donors (Lipinski definition) is 2. The van der Waals surface area contributed by atoms with E-state index < -0.39 is 0 Å². The molecule has 0 saturated heterocycles. The van der Waals surface area contributed by atoms with Gasteiger partial charge in [-0.2, -0.15) is 0 Å². The van der Waals surface area contributed by atoms with Crippen molar-refractivity contribution in [2.75, 3.05) is 33.3 Å². The second kappa shape index (κ2) is 6.38. The lowest BCUT2D eigenvalue weighted by atomic mass is 10.1. The smallest absolute Gasteiger partial charge is 0.0558 e. The van der Waals surface area contributed by atoms with Crippen LogP contribution in [0.3, 0.4) is 0 Å². The van der Waals surface area contributed by atoms with E-state index in [0.717, 1.165) is 19.6 Å². The highest BCUT2D eigenvalue weighted by atomic mass is 16.3. The molecule has 0 radical (unpaired) electrons. The van der Waals surface area contributed by atoms with E-state index >= 15 is 0 Å². The van der Waals surface area contributed by atoms with Gasteiger partial charge < -0.3 is 15.3 Å². The molecule has 86 valence electrons. The minimum absolute atomic E-state index is 0.198. The maximum absolute atomic E-state index is 8.75. The van der Waals surface area contributed by atoms with Crippen molar-refractivity contribution in [3.63, 3.8) is 0 Å². The van der Waals surface area contributed by atoms with Gasteiger partial charge in [-0.1, -0.05) is 6.92 Å². The molecule has 0 aliphatic carbocycles. The Hall–Kier alpha value is -0.120. The summed E-state index contributed by atoms with van der Waals surface area (Å²) < 4.78 is 0. The molecule has 0 rings (SSSR count). The van der Waals surface area contributed by atoms with Crippen LogP contribution in [0.25, 0.3) is 0 Å². The summed E-state index contributed by atoms with van der Waals surface area (Å²) in [6.45, 7) is 11.8. The number of hydrogen-bond acceptors (Lipinski definition) is 3. The van der Waals surface area contributed by atoms with Gasteiger partial charge in [-0.25, -0.2) is 0 Å². The third kappa shape index (κ3) is 8.48. The summed E-state index contributed by atoms with van der Waals surface area (Å²) in [5.74, 6) is 0.616. The Bertz CT molecular complexity index is 143. The predicted octanol–water partition coefficient (Wildman–Crippen LogP) is 0.935. The van der Waals surface area contributed by atoms with Crippen molar-refractivity contribution in [1.29, 1.82) is 0 Å². The summed E-state index contributed by atoms with van der Waals surface area (Å²) in [5, 5.41) is 12.2. The lowest BCUT2D eigenvalue weighted by Gasteiger charge is -2.26. The second-order valence-electron chi connectivity index (χ2n) is 5.22. The predicted molar refractivity (Wildman–Crippen MR) is 61.5 cm³/mol. The lowest BCUT2D eigenvalue weighted by Crippen LogP contribution is -2.41. The first kappa shape index (κ1) is 13.9. The first-order valence-electron chi connectivity index (χ1n) is 5.39. The minimum atomic E-state index is 0.198. The van der Waals surface area contributed by atoms with E-state index in [-0.39, 0.29) is 12.1 Å². The summed E-state index contributed by atoms with van der Waals surface area (Å²) in [6, 6.07) is 0. The van der Waals surface area contributed by atoms with Crippen LogP contribution in [0.4, 0.5) is 0 Å². The Morgan fingerprint density at radius 2 is 1.93 bits per heavy atom. The highest BCUT2D eigenvalue weighted by Gasteiger charge is 2.12. The monoisotopic (exact) mass is 202 g/mol. The fraction of sp³-hybridized carbons (Fsp3) is 1.00. The molecule has 0 aromatic rings. The SMILES string of the molecule is CC(CNC(C)(C)C)CN(C)CCO. The molecule has 0 fully saturated rings. The quantitative estimate of drug-likeness (QED) is 0.673. The van der Waals surface area contributed by atoms with Crippen LogP contribution in [0.15, 0.2) is 0 Å². The molecule has 1 unspecified atom stereocenters. The highest BCUT2D eigenvalue weighted by Crippen LogP contribution is 2.02. The van der Waals surface area contributed by atoms with Crippen molar-refractivity contribution < 1.29 is 5.11 Å². The molecular weight excluding hydrogens is 176 g/mol. The molecule has 3 nitrogen and oxygen atoms in total. The lowest BCUT2D eigenvalue weighted by molar-refractivity contribution is 0.201. The summed E-state index contributed by atoms with van der Waals surface area (Å²) in [6.07, 6.45) is 0. The van der Waals surface area contributed by atoms with Gasteiger partial charge in [0.25, 0.3) is 0 Å². The molecule has 0 heterocycles. The normalized spacial score (nSPS) is 14.8. The molecule has 3 heteroatoms. The van der Waals surface area contributed by atoms with Crippen LogP contribution in [-0.4, -0.2) is 48.8 Å². The second-order valence-corrected chi connectivity index (χ2v) is 5.22. The van der Waals surface area contributed by atoms with Crippen LogP contribution in [-0.2, 0) is 0 Å². The van der Waals surface area contributed by atoms with E-state index in [1.54, 1.807) is 0 Å². The molecule has 14 heavy (non-hydrogen) atoms. The molecule has 0 aliphatic heterocycles. The van der Waals surface area contributed by atoms with Crippen LogP contribution >= 0.6 is 0 Å². The van der Waals surface area contributed by atoms with Gasteiger partial charge in [0.15, 0.2) is 0 Å². The number of nitrogens with one attached hydrogen (secondary N) is 1. The van der Waals surface area contributed by atoms with Gasteiger partial charge in [0.1, 0.15) is 0 Å². The molecule has 0 bridgehead atoms. The van der Waals surface area contributed by atoms with Gasteiger partial charge in [0.2, 0.25) is 0 Å². The first-order valence-corrected chi connectivity index (χ1v) is 5.39. The Morgan fingerprint density at radius 1 is 1.36 bits per heavy atom. The molecule has 0 aromatic carbocycles. The zero-order valence-electron chi connectivity index (χ0n) is 10.3. The first-order chi connectivity index (χ1) is 6.35. The van der Waals surface area contributed by atoms with E-state index in [1.165, 1.54) is 0 Å². The molecule has 0 aromatic heterocycles. The maximum atomic E-state index is 8.75. The average molecular weight is 202 g/mol. The maximum Gasteiger partial charge on any atom is 0.0558 e. The van der Waals surface area contributed by atoms with Crippen molar-refractivity contribution in [2.24, 2.45) is 5.92 Å². The van der Waals surface area contributed by atoms with Crippen LogP contribution in [0.5, 0.6) is 0 Å². The number of nitrogens with zero attached hydrogens (tertiary/aromatic N) is 1. The molecule has 0 spiro atoms. The van der Waals surface area contributed by atoms with Gasteiger partial charge in [0.05, 0.1) is 6.61 Å². The number of rotatable bonds is 6. The summed E-state index contributed by atoms with van der Waals surface area (Å²) in [4.78, 5) is 2.16. The Labute approximate surface area is 88.5 Å². The zero-order valence-corrected chi connectivity index (χ0v) is 10.3. The molecule has 0 aliphatic rings. The third-order valence-electron chi connectivity index (χ3n) is 2.09. The summed E-state index contributed by atoms with van der Waals surface area (Å²) >= 11 is 0. The zero-order chi connectivity index (χ0) is 11.2. The van der Waals surface area contributed by atoms with Gasteiger partial charge in [-0.3, -0.25) is 0 Å². The van der Waals surface area contributed by atoms with E-state index in [9.17, 15) is 0 Å². The Kier molecular flexibility index (Phi) is 6.33. The fourth-order valence-corrected chi connectivity index (χ4v) is 1.34. The average Bonchev–Trinajstić information content (AvgIpc) is 2.00. The number of aliphatic hydroxyl groups excluding tert-OH is 1. The van der Waals surface area contributed by atoms with E-state index in [0.29, 0.717) is 5.92 Å². The molecular formula is C11H26N2O. The number of likely N-dealkylation sites (N-methyl/N-ethyl adjacent to an activating group) is 1. The van der Waals surface area contributed by atoms with Crippen molar-refractivity contribution >= 4 is 0 Å². The summed E-state index contributed by atoms with van der Waals surface area (Å²) in [7, 11) is 2.05. The van der Waals surface area contributed by atoms with Crippen molar-refractivity contribution in [3.05, 3.63) is 0 Å². The molecule has 0 saturated carbocycles. The number of aliphatic hydroxyl groups is 1. The highest BCUT2D eigenvalue weighted by molar-refractivity contribution is 4.72. The Morgan fingerprint density at radius 3 is 2.36 bits per heavy atom. The van der Waals surface area contributed by atoms with E-state index in [1.807, 2.05) is 7.05 Å². The van der Waals surface area contributed by atoms with Crippen molar-refractivity contribution in [3.8, 4) is 0 Å². The molecule has 0 amide bonds. The standard InChI is InChI=1S/C11H26N2O/c1-10(8-12-11(2,3)4)9-13(5)6-7-14/h10,12,14H,6-9H2,1-5H3. The minimum Gasteiger partial charge on any atom is -0.395 e. The van der Waals surface area contributed by atoms with Crippen molar-refractivity contribution in [1.82, 2.24) is 10.2 Å². The van der Waals surface area contributed by atoms with Crippen LogP contribution in [0.2, 0.25) is 0 Å². The fourth-order valence-electron chi connectivity index (χ4n) is 1.34. The van der Waals surface area contributed by atoms with Gasteiger partial charge in [0, 0.05) is 18.6 Å². The van der Waals surface area contributed by atoms with Crippen LogP contribution in [0.1, 0.15) is 27.7 Å². The van der Waals surface area contributed by atoms with Gasteiger partial charge in [-0.05, 0) is 40.3 Å². The molecule has 2 N–H and O–H groups in total.